The average Bonchev–Trinajstić information content (AvgIpc) is 3.03. The summed E-state index contributed by atoms with van der Waals surface area (Å²) < 4.78 is 23.1. The van der Waals surface area contributed by atoms with E-state index in [1.807, 2.05) is 12.1 Å². The lowest BCUT2D eigenvalue weighted by Crippen LogP contribution is -2.28. The van der Waals surface area contributed by atoms with Gasteiger partial charge in [-0.05, 0) is 49.2 Å². The molecular weight excluding hydrogens is 332 g/mol. The number of rotatable bonds is 6. The maximum Gasteiger partial charge on any atom is 0.175 e. The van der Waals surface area contributed by atoms with Crippen molar-refractivity contribution in [2.45, 2.75) is 17.9 Å². The summed E-state index contributed by atoms with van der Waals surface area (Å²) in [6.45, 7) is 4.11. The molecule has 0 aromatic heterocycles. The van der Waals surface area contributed by atoms with Crippen LogP contribution in [0.1, 0.15) is 12.0 Å². The van der Waals surface area contributed by atoms with Crippen LogP contribution in [-0.2, 0) is 16.4 Å². The van der Waals surface area contributed by atoms with Crippen molar-refractivity contribution in [2.24, 2.45) is 5.92 Å². The van der Waals surface area contributed by atoms with Gasteiger partial charge < -0.3 is 9.80 Å². The number of hydrogen-bond donors (Lipinski definition) is 0. The van der Waals surface area contributed by atoms with Crippen LogP contribution in [0.15, 0.2) is 59.5 Å². The standard InChI is InChI=1S/C20H26N2O2S/c1-21(14-17-8-10-20(11-9-17)25(2,23)24)15-18-12-13-22(16-18)19-6-4-3-5-7-19/h3-11,18H,12-16H2,1-2H3. The summed E-state index contributed by atoms with van der Waals surface area (Å²) in [5.41, 5.74) is 2.46. The first-order valence-corrected chi connectivity index (χ1v) is 10.6. The number of sulfone groups is 1. The lowest BCUT2D eigenvalue weighted by Gasteiger charge is -2.22. The summed E-state index contributed by atoms with van der Waals surface area (Å²) in [5.74, 6) is 0.667. The Morgan fingerprint density at radius 1 is 1.08 bits per heavy atom. The highest BCUT2D eigenvalue weighted by Crippen LogP contribution is 2.24. The van der Waals surface area contributed by atoms with Crippen LogP contribution in [0.2, 0.25) is 0 Å². The molecule has 2 aromatic carbocycles. The number of benzene rings is 2. The van der Waals surface area contributed by atoms with Crippen LogP contribution in [0, 0.1) is 5.92 Å². The van der Waals surface area contributed by atoms with Crippen molar-refractivity contribution in [3.63, 3.8) is 0 Å². The van der Waals surface area contributed by atoms with E-state index < -0.39 is 9.84 Å². The van der Waals surface area contributed by atoms with E-state index in [1.165, 1.54) is 18.4 Å². The van der Waals surface area contributed by atoms with Gasteiger partial charge in [-0.25, -0.2) is 8.42 Å². The first-order chi connectivity index (χ1) is 11.9. The van der Waals surface area contributed by atoms with Gasteiger partial charge in [-0.1, -0.05) is 30.3 Å². The van der Waals surface area contributed by atoms with Gasteiger partial charge in [0.05, 0.1) is 4.90 Å². The van der Waals surface area contributed by atoms with Crippen LogP contribution < -0.4 is 4.90 Å². The van der Waals surface area contributed by atoms with Crippen LogP contribution in [0.25, 0.3) is 0 Å². The Labute approximate surface area is 151 Å². The molecule has 0 spiro atoms. The molecule has 1 aliphatic heterocycles. The maximum atomic E-state index is 11.5. The minimum absolute atomic E-state index is 0.383. The van der Waals surface area contributed by atoms with Crippen molar-refractivity contribution in [3.05, 3.63) is 60.2 Å². The summed E-state index contributed by atoms with van der Waals surface area (Å²) in [6.07, 6.45) is 2.46. The highest BCUT2D eigenvalue weighted by Gasteiger charge is 2.23. The van der Waals surface area contributed by atoms with Crippen molar-refractivity contribution in [2.75, 3.05) is 37.8 Å². The van der Waals surface area contributed by atoms with E-state index >= 15 is 0 Å². The van der Waals surface area contributed by atoms with Crippen LogP contribution in [0.3, 0.4) is 0 Å². The van der Waals surface area contributed by atoms with Gasteiger partial charge in [-0.15, -0.1) is 0 Å². The topological polar surface area (TPSA) is 40.6 Å². The van der Waals surface area contributed by atoms with Crippen molar-refractivity contribution < 1.29 is 8.42 Å². The second-order valence-electron chi connectivity index (χ2n) is 7.05. The number of para-hydroxylation sites is 1. The lowest BCUT2D eigenvalue weighted by molar-refractivity contribution is 0.279. The molecule has 0 radical (unpaired) electrons. The summed E-state index contributed by atoms with van der Waals surface area (Å²) >= 11 is 0. The normalized spacial score (nSPS) is 18.0. The van der Waals surface area contributed by atoms with E-state index in [4.69, 9.17) is 0 Å². The molecule has 1 atom stereocenters. The van der Waals surface area contributed by atoms with Crippen LogP contribution in [-0.4, -0.2) is 46.3 Å². The molecule has 5 heteroatoms. The molecule has 1 heterocycles. The van der Waals surface area contributed by atoms with Crippen LogP contribution in [0.5, 0.6) is 0 Å². The molecule has 3 rings (SSSR count). The highest BCUT2D eigenvalue weighted by molar-refractivity contribution is 7.90. The highest BCUT2D eigenvalue weighted by atomic mass is 32.2. The predicted molar refractivity (Wildman–Crippen MR) is 103 cm³/mol. The number of nitrogens with zero attached hydrogens (tertiary/aromatic N) is 2. The summed E-state index contributed by atoms with van der Waals surface area (Å²) in [6, 6.07) is 17.8. The molecular formula is C20H26N2O2S. The predicted octanol–water partition coefficient (Wildman–Crippen LogP) is 3.05. The summed E-state index contributed by atoms with van der Waals surface area (Å²) in [4.78, 5) is 5.17. The summed E-state index contributed by atoms with van der Waals surface area (Å²) in [7, 11) is -0.984. The van der Waals surface area contributed by atoms with Gasteiger partial charge in [0.2, 0.25) is 0 Å². The van der Waals surface area contributed by atoms with Gasteiger partial charge in [-0.3, -0.25) is 0 Å². The molecule has 4 nitrogen and oxygen atoms in total. The Bertz CT molecular complexity index is 788. The molecule has 0 amide bonds. The van der Waals surface area contributed by atoms with E-state index in [-0.39, 0.29) is 0 Å². The SMILES string of the molecule is CN(Cc1ccc(S(C)(=O)=O)cc1)CC1CCN(c2ccccc2)C1. The quantitative estimate of drug-likeness (QED) is 0.796. The smallest absolute Gasteiger partial charge is 0.175 e. The van der Waals surface area contributed by atoms with Gasteiger partial charge in [0, 0.05) is 38.1 Å². The molecule has 1 fully saturated rings. The number of anilines is 1. The monoisotopic (exact) mass is 358 g/mol. The second-order valence-corrected chi connectivity index (χ2v) is 9.06. The fourth-order valence-corrected chi connectivity index (χ4v) is 4.14. The average molecular weight is 359 g/mol. The fourth-order valence-electron chi connectivity index (χ4n) is 3.51. The summed E-state index contributed by atoms with van der Waals surface area (Å²) in [5, 5.41) is 0. The lowest BCUT2D eigenvalue weighted by atomic mass is 10.1. The molecule has 1 aliphatic rings. The zero-order chi connectivity index (χ0) is 17.9. The molecule has 0 N–H and O–H groups in total. The van der Waals surface area contributed by atoms with Crippen molar-refractivity contribution in [1.82, 2.24) is 4.90 Å². The molecule has 1 saturated heterocycles. The van der Waals surface area contributed by atoms with E-state index in [2.05, 4.69) is 47.2 Å². The van der Waals surface area contributed by atoms with E-state index in [9.17, 15) is 8.42 Å². The third kappa shape index (κ3) is 4.83. The van der Waals surface area contributed by atoms with Gasteiger partial charge >= 0.3 is 0 Å². The Hall–Kier alpha value is -1.85. The molecule has 0 saturated carbocycles. The second kappa shape index (κ2) is 7.58. The Morgan fingerprint density at radius 3 is 2.40 bits per heavy atom. The van der Waals surface area contributed by atoms with Gasteiger partial charge in [0.1, 0.15) is 0 Å². The molecule has 0 aliphatic carbocycles. The minimum Gasteiger partial charge on any atom is -0.371 e. The van der Waals surface area contributed by atoms with Gasteiger partial charge in [-0.2, -0.15) is 0 Å². The first-order valence-electron chi connectivity index (χ1n) is 8.69. The van der Waals surface area contributed by atoms with Gasteiger partial charge in [0.15, 0.2) is 9.84 Å². The molecule has 2 aromatic rings. The molecule has 0 bridgehead atoms. The third-order valence-corrected chi connectivity index (χ3v) is 5.91. The molecule has 25 heavy (non-hydrogen) atoms. The first kappa shape index (κ1) is 18.0. The Kier molecular flexibility index (Phi) is 5.45. The Morgan fingerprint density at radius 2 is 1.76 bits per heavy atom. The molecule has 1 unspecified atom stereocenters. The van der Waals surface area contributed by atoms with Crippen LogP contribution in [0.4, 0.5) is 5.69 Å². The Balaban J connectivity index is 1.52. The maximum absolute atomic E-state index is 11.5. The van der Waals surface area contributed by atoms with E-state index in [0.717, 1.165) is 31.7 Å². The van der Waals surface area contributed by atoms with Gasteiger partial charge in [0.25, 0.3) is 0 Å². The number of hydrogen-bond acceptors (Lipinski definition) is 4. The van der Waals surface area contributed by atoms with Crippen molar-refractivity contribution in [1.29, 1.82) is 0 Å². The van der Waals surface area contributed by atoms with E-state index in [0.29, 0.717) is 10.8 Å². The largest absolute Gasteiger partial charge is 0.371 e. The fraction of sp³-hybridized carbons (Fsp3) is 0.400. The van der Waals surface area contributed by atoms with Crippen LogP contribution >= 0.6 is 0 Å². The van der Waals surface area contributed by atoms with E-state index in [1.54, 1.807) is 12.1 Å². The van der Waals surface area contributed by atoms with Crippen molar-refractivity contribution >= 4 is 15.5 Å². The minimum atomic E-state index is -3.12. The third-order valence-electron chi connectivity index (χ3n) is 4.78. The van der Waals surface area contributed by atoms with Crippen molar-refractivity contribution in [3.8, 4) is 0 Å². The molecule has 134 valence electrons. The zero-order valence-electron chi connectivity index (χ0n) is 14.9. The zero-order valence-corrected chi connectivity index (χ0v) is 15.7.